The topological polar surface area (TPSA) is 93.0 Å². The summed E-state index contributed by atoms with van der Waals surface area (Å²) in [5.74, 6) is 1.15. The van der Waals surface area contributed by atoms with Crippen molar-refractivity contribution in [3.63, 3.8) is 0 Å². The third kappa shape index (κ3) is 6.17. The fraction of sp³-hybridized carbons (Fsp3) is 0.286. The number of anilines is 1. The molecule has 0 unspecified atom stereocenters. The van der Waals surface area contributed by atoms with Crippen LogP contribution in [0.25, 0.3) is 22.2 Å². The third-order valence-electron chi connectivity index (χ3n) is 8.41. The van der Waals surface area contributed by atoms with E-state index in [0.717, 1.165) is 45.4 Å². The molecule has 1 aliphatic rings. The molecule has 9 heteroatoms. The zero-order valence-corrected chi connectivity index (χ0v) is 25.3. The molecule has 6 rings (SSSR count). The summed E-state index contributed by atoms with van der Waals surface area (Å²) in [6.07, 6.45) is -0.0651. The average Bonchev–Trinajstić information content (AvgIpc) is 3.38. The largest absolute Gasteiger partial charge is 0.473 e. The number of carboxylic acid groups (broad SMARTS) is 1. The van der Waals surface area contributed by atoms with Crippen molar-refractivity contribution < 1.29 is 19.4 Å². The number of amides is 1. The number of likely N-dealkylation sites (tertiary alicyclic amines) is 1. The van der Waals surface area contributed by atoms with Gasteiger partial charge in [-0.25, -0.2) is 4.79 Å². The molecule has 9 nitrogen and oxygen atoms in total. The normalized spacial score (nSPS) is 16.6. The third-order valence-corrected chi connectivity index (χ3v) is 8.41. The van der Waals surface area contributed by atoms with Crippen LogP contribution in [0.3, 0.4) is 0 Å². The van der Waals surface area contributed by atoms with Crippen molar-refractivity contribution in [2.45, 2.75) is 32.6 Å². The standard InChI is InChI=1S/C35H37N5O4/c1-24-21-40(35(41)42)19-18-30(24)38(2)27-14-15-28-31(20-27)39(3)37-33(28)29-16-17-32(43-22-25-10-6-4-7-11-25)36-34(29)44-23-26-12-8-5-9-13-26/h4-17,20,24,30H,18-19,21-23H2,1-3H3,(H,41,42)/t24-,30-/m1/s1. The highest BCUT2D eigenvalue weighted by atomic mass is 16.5. The van der Waals surface area contributed by atoms with Gasteiger partial charge >= 0.3 is 6.09 Å². The molecular formula is C35H37N5O4. The molecule has 0 spiro atoms. The van der Waals surface area contributed by atoms with E-state index in [9.17, 15) is 9.90 Å². The van der Waals surface area contributed by atoms with E-state index < -0.39 is 6.09 Å². The van der Waals surface area contributed by atoms with E-state index in [2.05, 4.69) is 37.1 Å². The van der Waals surface area contributed by atoms with E-state index in [-0.39, 0.29) is 12.0 Å². The van der Waals surface area contributed by atoms with Crippen LogP contribution in [-0.2, 0) is 20.3 Å². The Hall–Kier alpha value is -5.05. The molecule has 1 N–H and O–H groups in total. The molecule has 1 fully saturated rings. The smallest absolute Gasteiger partial charge is 0.407 e. The van der Waals surface area contributed by atoms with E-state index in [1.807, 2.05) is 84.5 Å². The number of ether oxygens (including phenoxy) is 2. The molecule has 3 aromatic carbocycles. The summed E-state index contributed by atoms with van der Waals surface area (Å²) >= 11 is 0. The van der Waals surface area contributed by atoms with Gasteiger partial charge in [-0.3, -0.25) is 4.68 Å². The lowest BCUT2D eigenvalue weighted by Crippen LogP contribution is -2.50. The number of rotatable bonds is 9. The van der Waals surface area contributed by atoms with Crippen molar-refractivity contribution in [2.75, 3.05) is 25.0 Å². The minimum absolute atomic E-state index is 0.209. The van der Waals surface area contributed by atoms with Gasteiger partial charge in [-0.15, -0.1) is 0 Å². The lowest BCUT2D eigenvalue weighted by molar-refractivity contribution is 0.116. The first-order chi connectivity index (χ1) is 21.4. The number of carbonyl (C=O) groups is 1. The van der Waals surface area contributed by atoms with Crippen molar-refractivity contribution in [3.05, 3.63) is 102 Å². The van der Waals surface area contributed by atoms with Gasteiger partial charge in [-0.1, -0.05) is 67.6 Å². The lowest BCUT2D eigenvalue weighted by Gasteiger charge is -2.41. The average molecular weight is 592 g/mol. The number of hydrogen-bond donors (Lipinski definition) is 1. The van der Waals surface area contributed by atoms with Gasteiger partial charge < -0.3 is 24.4 Å². The molecule has 2 aromatic heterocycles. The zero-order chi connectivity index (χ0) is 30.6. The minimum Gasteiger partial charge on any atom is -0.473 e. The molecule has 0 radical (unpaired) electrons. The van der Waals surface area contributed by atoms with Gasteiger partial charge in [0.15, 0.2) is 0 Å². The van der Waals surface area contributed by atoms with Crippen molar-refractivity contribution >= 4 is 22.7 Å². The molecule has 0 aliphatic carbocycles. The van der Waals surface area contributed by atoms with E-state index in [1.165, 1.54) is 4.90 Å². The predicted octanol–water partition coefficient (Wildman–Crippen LogP) is 6.62. The minimum atomic E-state index is -0.848. The molecule has 226 valence electrons. The van der Waals surface area contributed by atoms with Crippen LogP contribution in [0, 0.1) is 5.92 Å². The molecule has 0 bridgehead atoms. The number of hydrogen-bond acceptors (Lipinski definition) is 6. The van der Waals surface area contributed by atoms with Gasteiger partial charge in [0.1, 0.15) is 18.9 Å². The number of piperidine rings is 1. The second-order valence-electron chi connectivity index (χ2n) is 11.4. The molecule has 1 amide bonds. The number of aromatic nitrogens is 3. The highest BCUT2D eigenvalue weighted by Gasteiger charge is 2.31. The van der Waals surface area contributed by atoms with Crippen molar-refractivity contribution in [3.8, 4) is 23.0 Å². The van der Waals surface area contributed by atoms with Crippen LogP contribution < -0.4 is 14.4 Å². The van der Waals surface area contributed by atoms with E-state index in [1.54, 1.807) is 0 Å². The van der Waals surface area contributed by atoms with Crippen LogP contribution in [0.15, 0.2) is 91.0 Å². The number of aryl methyl sites for hydroxylation is 1. The maximum absolute atomic E-state index is 11.5. The van der Waals surface area contributed by atoms with Crippen LogP contribution in [0.4, 0.5) is 10.5 Å². The van der Waals surface area contributed by atoms with E-state index in [0.29, 0.717) is 38.1 Å². The first-order valence-electron chi connectivity index (χ1n) is 14.9. The lowest BCUT2D eigenvalue weighted by atomic mass is 9.92. The Morgan fingerprint density at radius 1 is 0.955 bits per heavy atom. The van der Waals surface area contributed by atoms with Crippen molar-refractivity contribution in [1.29, 1.82) is 0 Å². The molecule has 5 aromatic rings. The second kappa shape index (κ2) is 12.7. The summed E-state index contributed by atoms with van der Waals surface area (Å²) in [6.45, 7) is 3.96. The second-order valence-corrected chi connectivity index (χ2v) is 11.4. The predicted molar refractivity (Wildman–Crippen MR) is 171 cm³/mol. The fourth-order valence-electron chi connectivity index (χ4n) is 5.99. The summed E-state index contributed by atoms with van der Waals surface area (Å²) in [7, 11) is 4.03. The van der Waals surface area contributed by atoms with Crippen LogP contribution in [0.2, 0.25) is 0 Å². The molecule has 44 heavy (non-hydrogen) atoms. The SMILES string of the molecule is C[C@@H]1CN(C(=O)O)CC[C@H]1N(C)c1ccc2c(-c3ccc(OCc4ccccc4)nc3OCc3ccccc3)nn(C)c2c1. The molecule has 1 aliphatic heterocycles. The van der Waals surface area contributed by atoms with Crippen LogP contribution >= 0.6 is 0 Å². The van der Waals surface area contributed by atoms with Gasteiger partial charge in [0.25, 0.3) is 0 Å². The molecule has 1 saturated heterocycles. The zero-order valence-electron chi connectivity index (χ0n) is 25.3. The quantitative estimate of drug-likeness (QED) is 0.206. The first kappa shape index (κ1) is 29.0. The van der Waals surface area contributed by atoms with Crippen LogP contribution in [0.5, 0.6) is 11.8 Å². The number of benzene rings is 3. The first-order valence-corrected chi connectivity index (χ1v) is 14.9. The highest BCUT2D eigenvalue weighted by Crippen LogP contribution is 2.37. The Morgan fingerprint density at radius 3 is 2.30 bits per heavy atom. The Bertz CT molecular complexity index is 1740. The van der Waals surface area contributed by atoms with Gasteiger partial charge in [0.2, 0.25) is 11.8 Å². The van der Waals surface area contributed by atoms with E-state index in [4.69, 9.17) is 19.6 Å². The van der Waals surface area contributed by atoms with Gasteiger partial charge in [-0.2, -0.15) is 10.1 Å². The monoisotopic (exact) mass is 591 g/mol. The number of fused-ring (bicyclic) bond motifs is 1. The Balaban J connectivity index is 1.29. The van der Waals surface area contributed by atoms with Gasteiger partial charge in [-0.05, 0) is 47.7 Å². The molecule has 2 atom stereocenters. The maximum Gasteiger partial charge on any atom is 0.407 e. The Labute approximate surface area is 257 Å². The molecular weight excluding hydrogens is 554 g/mol. The Kier molecular flexibility index (Phi) is 8.36. The summed E-state index contributed by atoms with van der Waals surface area (Å²) < 4.78 is 14.2. The summed E-state index contributed by atoms with van der Waals surface area (Å²) in [6, 6.07) is 30.4. The number of pyridine rings is 1. The highest BCUT2D eigenvalue weighted by molar-refractivity contribution is 5.96. The van der Waals surface area contributed by atoms with Gasteiger partial charge in [0, 0.05) is 50.4 Å². The van der Waals surface area contributed by atoms with Crippen molar-refractivity contribution in [2.24, 2.45) is 13.0 Å². The fourth-order valence-corrected chi connectivity index (χ4v) is 5.99. The summed E-state index contributed by atoms with van der Waals surface area (Å²) in [5.41, 5.74) is 5.72. The molecule has 3 heterocycles. The van der Waals surface area contributed by atoms with E-state index >= 15 is 0 Å². The number of nitrogens with zero attached hydrogens (tertiary/aromatic N) is 5. The summed E-state index contributed by atoms with van der Waals surface area (Å²) in [4.78, 5) is 20.0. The Morgan fingerprint density at radius 2 is 1.64 bits per heavy atom. The molecule has 0 saturated carbocycles. The van der Waals surface area contributed by atoms with Crippen molar-refractivity contribution in [1.82, 2.24) is 19.7 Å². The van der Waals surface area contributed by atoms with Crippen LogP contribution in [0.1, 0.15) is 24.5 Å². The van der Waals surface area contributed by atoms with Gasteiger partial charge in [0.05, 0.1) is 11.1 Å². The summed E-state index contributed by atoms with van der Waals surface area (Å²) in [5, 5.41) is 15.3. The van der Waals surface area contributed by atoms with Crippen LogP contribution in [-0.4, -0.2) is 57.0 Å². The maximum atomic E-state index is 11.5.